The van der Waals surface area contributed by atoms with Crippen LogP contribution >= 0.6 is 35.0 Å². The average Bonchev–Trinajstić information content (AvgIpc) is 3.70. The summed E-state index contributed by atoms with van der Waals surface area (Å²) in [6, 6.07) is 13.9. The summed E-state index contributed by atoms with van der Waals surface area (Å²) in [6.07, 6.45) is 4.84. The average molecular weight is 623 g/mol. The SMILES string of the molecule is CC(C)(C#Cc1ccc(NC(=O)CSc2nnnn2-c2ccc(C3CC3)cc2Cl)c(Cl)c1)NC(=O)c1ccc[n+]([O-])c1. The van der Waals surface area contributed by atoms with E-state index in [1.807, 2.05) is 18.2 Å². The van der Waals surface area contributed by atoms with Gasteiger partial charge in [0.05, 0.1) is 32.7 Å². The van der Waals surface area contributed by atoms with Gasteiger partial charge in [-0.25, -0.2) is 0 Å². The molecule has 1 fully saturated rings. The summed E-state index contributed by atoms with van der Waals surface area (Å²) in [5.41, 5.74) is 2.20. The monoisotopic (exact) mass is 621 g/mol. The lowest BCUT2D eigenvalue weighted by Gasteiger charge is -2.19. The van der Waals surface area contributed by atoms with Crippen LogP contribution in [0.1, 0.15) is 54.1 Å². The van der Waals surface area contributed by atoms with Crippen LogP contribution in [0.25, 0.3) is 5.69 Å². The number of hydrogen-bond acceptors (Lipinski definition) is 7. The van der Waals surface area contributed by atoms with Gasteiger partial charge in [-0.15, -0.1) is 5.10 Å². The largest absolute Gasteiger partial charge is 0.619 e. The Morgan fingerprint density at radius 3 is 2.69 bits per heavy atom. The van der Waals surface area contributed by atoms with Crippen LogP contribution in [-0.2, 0) is 4.79 Å². The predicted molar refractivity (Wildman–Crippen MR) is 161 cm³/mol. The highest BCUT2D eigenvalue weighted by atomic mass is 35.5. The van der Waals surface area contributed by atoms with Gasteiger partial charge in [0.15, 0.2) is 12.4 Å². The fourth-order valence-corrected chi connectivity index (χ4v) is 5.18. The van der Waals surface area contributed by atoms with E-state index in [1.54, 1.807) is 38.1 Å². The van der Waals surface area contributed by atoms with Gasteiger partial charge >= 0.3 is 0 Å². The van der Waals surface area contributed by atoms with Gasteiger partial charge in [0, 0.05) is 11.6 Å². The number of rotatable bonds is 8. The summed E-state index contributed by atoms with van der Waals surface area (Å²) in [6.45, 7) is 3.49. The Balaban J connectivity index is 1.18. The second-order valence-corrected chi connectivity index (χ2v) is 11.9. The number of aromatic nitrogens is 5. The molecule has 1 aliphatic carbocycles. The third-order valence-electron chi connectivity index (χ3n) is 6.25. The molecule has 0 atom stereocenters. The van der Waals surface area contributed by atoms with E-state index in [0.29, 0.717) is 42.8 Å². The van der Waals surface area contributed by atoms with Gasteiger partial charge in [0.1, 0.15) is 5.56 Å². The maximum atomic E-state index is 12.7. The number of nitrogens with zero attached hydrogens (tertiary/aromatic N) is 5. The van der Waals surface area contributed by atoms with Crippen LogP contribution in [0, 0.1) is 17.0 Å². The van der Waals surface area contributed by atoms with Crippen molar-refractivity contribution in [3.05, 3.63) is 92.9 Å². The molecule has 2 aromatic carbocycles. The Bertz CT molecular complexity index is 1730. The molecule has 2 amide bonds. The molecule has 5 rings (SSSR count). The highest BCUT2D eigenvalue weighted by Gasteiger charge is 2.25. The number of tetrazole rings is 1. The van der Waals surface area contributed by atoms with Crippen molar-refractivity contribution in [2.24, 2.45) is 0 Å². The van der Waals surface area contributed by atoms with E-state index >= 15 is 0 Å². The Morgan fingerprint density at radius 1 is 1.17 bits per heavy atom. The standard InChI is InChI=1S/C29H25Cl2N7O3S/c1-29(2,33-27(40)21-4-3-13-37(41)16-21)12-11-18-5-9-24(22(30)14-18)32-26(39)17-42-28-34-35-36-38(28)25-10-8-20(15-23(25)31)19-6-7-19/h3-5,8-10,13-16,19H,6-7,17H2,1-2H3,(H,32,39)(H,33,40). The van der Waals surface area contributed by atoms with Crippen molar-refractivity contribution in [1.29, 1.82) is 0 Å². The molecule has 0 bridgehead atoms. The first kappa shape index (κ1) is 29.4. The normalized spacial score (nSPS) is 12.8. The molecule has 10 nitrogen and oxygen atoms in total. The Hall–Kier alpha value is -4.11. The summed E-state index contributed by atoms with van der Waals surface area (Å²) in [5.74, 6) is 5.89. The number of hydrogen-bond donors (Lipinski definition) is 2. The van der Waals surface area contributed by atoms with E-state index in [4.69, 9.17) is 23.2 Å². The highest BCUT2D eigenvalue weighted by Crippen LogP contribution is 2.41. The summed E-state index contributed by atoms with van der Waals surface area (Å²) < 4.78 is 2.07. The van der Waals surface area contributed by atoms with Crippen LogP contribution < -0.4 is 15.4 Å². The number of carbonyl (C=O) groups is 2. The van der Waals surface area contributed by atoms with Crippen molar-refractivity contribution in [3.8, 4) is 17.5 Å². The second kappa shape index (κ2) is 12.4. The van der Waals surface area contributed by atoms with E-state index in [0.717, 1.165) is 0 Å². The van der Waals surface area contributed by atoms with E-state index in [9.17, 15) is 14.8 Å². The maximum Gasteiger partial charge on any atom is 0.258 e. The van der Waals surface area contributed by atoms with E-state index in [2.05, 4.69) is 38.0 Å². The number of pyridine rings is 1. The van der Waals surface area contributed by atoms with Gasteiger partial charge in [0.2, 0.25) is 11.1 Å². The third-order valence-corrected chi connectivity index (χ3v) is 7.78. The Labute approximate surface area is 256 Å². The third kappa shape index (κ3) is 7.39. The Kier molecular flexibility index (Phi) is 8.68. The minimum Gasteiger partial charge on any atom is -0.619 e. The molecule has 1 saturated carbocycles. The fourth-order valence-electron chi connectivity index (χ4n) is 4.00. The zero-order valence-corrected chi connectivity index (χ0v) is 24.9. The van der Waals surface area contributed by atoms with E-state index in [-0.39, 0.29) is 17.2 Å². The van der Waals surface area contributed by atoms with Crippen LogP contribution in [0.2, 0.25) is 10.0 Å². The van der Waals surface area contributed by atoms with Gasteiger partial charge in [-0.2, -0.15) is 9.41 Å². The Morgan fingerprint density at radius 2 is 1.98 bits per heavy atom. The minimum absolute atomic E-state index is 0.0394. The smallest absolute Gasteiger partial charge is 0.258 e. The lowest BCUT2D eigenvalue weighted by Crippen LogP contribution is -2.43. The number of amides is 2. The molecule has 214 valence electrons. The molecule has 4 aromatic rings. The van der Waals surface area contributed by atoms with E-state index in [1.165, 1.54) is 53.3 Å². The van der Waals surface area contributed by atoms with Crippen LogP contribution in [0.4, 0.5) is 5.69 Å². The molecule has 0 spiro atoms. The number of carbonyl (C=O) groups excluding carboxylic acids is 2. The van der Waals surface area contributed by atoms with Crippen LogP contribution in [0.5, 0.6) is 0 Å². The van der Waals surface area contributed by atoms with Crippen molar-refractivity contribution in [2.75, 3.05) is 11.1 Å². The zero-order valence-electron chi connectivity index (χ0n) is 22.6. The summed E-state index contributed by atoms with van der Waals surface area (Å²) in [7, 11) is 0. The summed E-state index contributed by atoms with van der Waals surface area (Å²) in [4.78, 5) is 25.2. The minimum atomic E-state index is -0.893. The van der Waals surface area contributed by atoms with Crippen LogP contribution in [-0.4, -0.2) is 43.3 Å². The van der Waals surface area contributed by atoms with Crippen molar-refractivity contribution in [2.45, 2.75) is 43.3 Å². The highest BCUT2D eigenvalue weighted by molar-refractivity contribution is 7.99. The molecule has 1 aliphatic rings. The molecule has 0 aliphatic heterocycles. The quantitative estimate of drug-likeness (QED) is 0.125. The first-order valence-electron chi connectivity index (χ1n) is 12.9. The molecule has 42 heavy (non-hydrogen) atoms. The lowest BCUT2D eigenvalue weighted by molar-refractivity contribution is -0.605. The number of benzene rings is 2. The molecular formula is C29H25Cl2N7O3S. The number of halogens is 2. The molecule has 0 unspecified atom stereocenters. The van der Waals surface area contributed by atoms with E-state index < -0.39 is 11.4 Å². The van der Waals surface area contributed by atoms with Crippen LogP contribution in [0.3, 0.4) is 0 Å². The number of thioether (sulfide) groups is 1. The molecule has 0 saturated heterocycles. The molecule has 2 aromatic heterocycles. The predicted octanol–water partition coefficient (Wildman–Crippen LogP) is 4.77. The maximum absolute atomic E-state index is 12.7. The lowest BCUT2D eigenvalue weighted by atomic mass is 10.0. The molecule has 0 radical (unpaired) electrons. The van der Waals surface area contributed by atoms with Crippen molar-refractivity contribution < 1.29 is 14.3 Å². The first-order valence-corrected chi connectivity index (χ1v) is 14.7. The van der Waals surface area contributed by atoms with Gasteiger partial charge < -0.3 is 15.8 Å². The van der Waals surface area contributed by atoms with Crippen LogP contribution in [0.15, 0.2) is 66.1 Å². The number of nitrogens with one attached hydrogen (secondary N) is 2. The second-order valence-electron chi connectivity index (χ2n) is 10.2. The fraction of sp³-hybridized carbons (Fsp3) is 0.241. The molecule has 2 heterocycles. The first-order chi connectivity index (χ1) is 20.1. The molecule has 13 heteroatoms. The summed E-state index contributed by atoms with van der Waals surface area (Å²) >= 11 is 14.1. The van der Waals surface area contributed by atoms with Gasteiger partial charge in [-0.1, -0.05) is 52.9 Å². The number of anilines is 1. The van der Waals surface area contributed by atoms with Crippen molar-refractivity contribution in [3.63, 3.8) is 0 Å². The topological polar surface area (TPSA) is 129 Å². The molecular weight excluding hydrogens is 597 g/mol. The molecule has 2 N–H and O–H groups in total. The van der Waals surface area contributed by atoms with Crippen molar-refractivity contribution >= 4 is 52.5 Å². The van der Waals surface area contributed by atoms with Gasteiger partial charge in [0.25, 0.3) is 5.91 Å². The zero-order chi connectivity index (χ0) is 29.9. The van der Waals surface area contributed by atoms with Gasteiger partial charge in [-0.05, 0) is 85.0 Å². The van der Waals surface area contributed by atoms with Gasteiger partial charge in [-0.3, -0.25) is 9.59 Å². The van der Waals surface area contributed by atoms with Crippen molar-refractivity contribution in [1.82, 2.24) is 25.5 Å². The summed E-state index contributed by atoms with van der Waals surface area (Å²) in [5, 5.41) is 30.1.